The quantitative estimate of drug-likeness (QED) is 0.363. The molecule has 0 radical (unpaired) electrons. The summed E-state index contributed by atoms with van der Waals surface area (Å²) in [6, 6.07) is 20.5. The third kappa shape index (κ3) is 8.81. The standard InChI is InChI=1S/C29H34FN3O5S/c1-21(2)31-29(35)22(3)32(18-23-10-12-25(30)13-11-23)28(34)19-33(39(4,36)37)26-14-16-27(17-15-26)38-20-24-8-6-5-7-9-24/h5-17,21-22H,18-20H2,1-4H3,(H,31,35)/t22-/m1/s1. The van der Waals surface area contributed by atoms with Crippen molar-refractivity contribution in [1.29, 1.82) is 0 Å². The van der Waals surface area contributed by atoms with Crippen LogP contribution in [0, 0.1) is 5.82 Å². The van der Waals surface area contributed by atoms with E-state index >= 15 is 0 Å². The van der Waals surface area contributed by atoms with E-state index in [1.165, 1.54) is 29.2 Å². The summed E-state index contributed by atoms with van der Waals surface area (Å²) in [6.45, 7) is 5.00. The Morgan fingerprint density at radius 3 is 2.08 bits per heavy atom. The van der Waals surface area contributed by atoms with Crippen molar-refractivity contribution in [3.63, 3.8) is 0 Å². The lowest BCUT2D eigenvalue weighted by Gasteiger charge is -2.32. The van der Waals surface area contributed by atoms with Crippen molar-refractivity contribution in [2.24, 2.45) is 0 Å². The molecule has 0 bridgehead atoms. The molecule has 10 heteroatoms. The van der Waals surface area contributed by atoms with Crippen molar-refractivity contribution in [2.45, 2.75) is 46.0 Å². The summed E-state index contributed by atoms with van der Waals surface area (Å²) in [4.78, 5) is 27.6. The van der Waals surface area contributed by atoms with Crippen molar-refractivity contribution in [2.75, 3.05) is 17.1 Å². The molecule has 0 aliphatic heterocycles. The van der Waals surface area contributed by atoms with Crippen LogP contribution < -0.4 is 14.4 Å². The summed E-state index contributed by atoms with van der Waals surface area (Å²) in [7, 11) is -3.86. The van der Waals surface area contributed by atoms with Crippen LogP contribution in [0.15, 0.2) is 78.9 Å². The van der Waals surface area contributed by atoms with Gasteiger partial charge in [-0.15, -0.1) is 0 Å². The lowest BCUT2D eigenvalue weighted by molar-refractivity contribution is -0.139. The summed E-state index contributed by atoms with van der Waals surface area (Å²) < 4.78 is 45.7. The first-order chi connectivity index (χ1) is 18.4. The van der Waals surface area contributed by atoms with Gasteiger partial charge in [-0.1, -0.05) is 42.5 Å². The van der Waals surface area contributed by atoms with Gasteiger partial charge in [-0.25, -0.2) is 12.8 Å². The number of hydrogen-bond acceptors (Lipinski definition) is 5. The SMILES string of the molecule is CC(C)NC(=O)[C@@H](C)N(Cc1ccc(F)cc1)C(=O)CN(c1ccc(OCc2ccccc2)cc1)S(C)(=O)=O. The van der Waals surface area contributed by atoms with Crippen molar-refractivity contribution in [3.05, 3.63) is 95.8 Å². The van der Waals surface area contributed by atoms with Crippen LogP contribution in [-0.4, -0.2) is 50.0 Å². The van der Waals surface area contributed by atoms with Crippen molar-refractivity contribution in [1.82, 2.24) is 10.2 Å². The number of nitrogens with zero attached hydrogens (tertiary/aromatic N) is 2. The molecule has 3 rings (SSSR count). The van der Waals surface area contributed by atoms with Gasteiger partial charge in [0.1, 0.15) is 30.8 Å². The molecule has 2 amide bonds. The van der Waals surface area contributed by atoms with Gasteiger partial charge in [-0.05, 0) is 68.3 Å². The molecule has 1 N–H and O–H groups in total. The molecule has 0 saturated heterocycles. The molecule has 3 aromatic rings. The van der Waals surface area contributed by atoms with E-state index in [9.17, 15) is 22.4 Å². The van der Waals surface area contributed by atoms with Crippen LogP contribution in [0.4, 0.5) is 10.1 Å². The minimum absolute atomic E-state index is 0.00430. The minimum Gasteiger partial charge on any atom is -0.489 e. The Morgan fingerprint density at radius 2 is 1.51 bits per heavy atom. The van der Waals surface area contributed by atoms with E-state index < -0.39 is 34.3 Å². The number of benzene rings is 3. The fourth-order valence-electron chi connectivity index (χ4n) is 3.84. The van der Waals surface area contributed by atoms with Gasteiger partial charge in [0, 0.05) is 12.6 Å². The Morgan fingerprint density at radius 1 is 0.897 bits per heavy atom. The van der Waals surface area contributed by atoms with Gasteiger partial charge in [-0.3, -0.25) is 13.9 Å². The van der Waals surface area contributed by atoms with Crippen LogP contribution in [0.25, 0.3) is 0 Å². The fraction of sp³-hybridized carbons (Fsp3) is 0.310. The van der Waals surface area contributed by atoms with E-state index in [1.807, 2.05) is 30.3 Å². The molecule has 8 nitrogen and oxygen atoms in total. The average molecular weight is 556 g/mol. The Bertz CT molecular complexity index is 1350. The number of rotatable bonds is 12. The maximum atomic E-state index is 13.5. The van der Waals surface area contributed by atoms with Crippen LogP contribution in [0.1, 0.15) is 31.9 Å². The molecule has 3 aromatic carbocycles. The Balaban J connectivity index is 1.81. The Labute approximate surface area is 229 Å². The van der Waals surface area contributed by atoms with Gasteiger partial charge >= 0.3 is 0 Å². The zero-order valence-corrected chi connectivity index (χ0v) is 23.3. The molecule has 1 atom stereocenters. The molecule has 39 heavy (non-hydrogen) atoms. The van der Waals surface area contributed by atoms with Crippen LogP contribution in [0.3, 0.4) is 0 Å². The number of nitrogens with one attached hydrogen (secondary N) is 1. The fourth-order valence-corrected chi connectivity index (χ4v) is 4.69. The van der Waals surface area contributed by atoms with Gasteiger partial charge in [-0.2, -0.15) is 0 Å². The highest BCUT2D eigenvalue weighted by Crippen LogP contribution is 2.23. The van der Waals surface area contributed by atoms with Crippen LogP contribution in [0.2, 0.25) is 0 Å². The van der Waals surface area contributed by atoms with Crippen LogP contribution in [-0.2, 0) is 32.8 Å². The number of carbonyl (C=O) groups excluding carboxylic acids is 2. The summed E-state index contributed by atoms with van der Waals surface area (Å²) in [5, 5.41) is 2.78. The molecule has 0 fully saturated rings. The zero-order valence-electron chi connectivity index (χ0n) is 22.5. The van der Waals surface area contributed by atoms with Crippen molar-refractivity contribution >= 4 is 27.5 Å². The molecular weight excluding hydrogens is 521 g/mol. The van der Waals surface area contributed by atoms with E-state index in [-0.39, 0.29) is 24.2 Å². The smallest absolute Gasteiger partial charge is 0.244 e. The Hall–Kier alpha value is -3.92. The second kappa shape index (κ2) is 13.2. The normalized spacial score (nSPS) is 12.1. The maximum absolute atomic E-state index is 13.5. The number of carbonyl (C=O) groups is 2. The van der Waals surface area contributed by atoms with Gasteiger partial charge < -0.3 is 15.0 Å². The van der Waals surface area contributed by atoms with E-state index in [2.05, 4.69) is 5.32 Å². The number of ether oxygens (including phenoxy) is 1. The first-order valence-electron chi connectivity index (χ1n) is 12.5. The summed E-state index contributed by atoms with van der Waals surface area (Å²) in [5.74, 6) is -0.854. The van der Waals surface area contributed by atoms with E-state index in [1.54, 1.807) is 45.0 Å². The van der Waals surface area contributed by atoms with E-state index in [0.29, 0.717) is 17.9 Å². The lowest BCUT2D eigenvalue weighted by atomic mass is 10.1. The van der Waals surface area contributed by atoms with Crippen LogP contribution in [0.5, 0.6) is 5.75 Å². The number of anilines is 1. The molecule has 0 spiro atoms. The molecular formula is C29H34FN3O5S. The highest BCUT2D eigenvalue weighted by molar-refractivity contribution is 7.92. The summed E-state index contributed by atoms with van der Waals surface area (Å²) >= 11 is 0. The van der Waals surface area contributed by atoms with Crippen LogP contribution >= 0.6 is 0 Å². The molecule has 0 aromatic heterocycles. The Kier molecular flexibility index (Phi) is 10.1. The average Bonchev–Trinajstić information content (AvgIpc) is 2.89. The number of amides is 2. The van der Waals surface area contributed by atoms with Crippen molar-refractivity contribution in [3.8, 4) is 5.75 Å². The third-order valence-corrected chi connectivity index (χ3v) is 7.06. The zero-order chi connectivity index (χ0) is 28.6. The second-order valence-electron chi connectivity index (χ2n) is 9.53. The largest absolute Gasteiger partial charge is 0.489 e. The van der Waals surface area contributed by atoms with E-state index in [4.69, 9.17) is 4.74 Å². The number of halogens is 1. The molecule has 0 aliphatic rings. The van der Waals surface area contributed by atoms with Gasteiger partial charge in [0.05, 0.1) is 11.9 Å². The van der Waals surface area contributed by atoms with Gasteiger partial charge in [0.2, 0.25) is 21.8 Å². The number of hydrogen-bond donors (Lipinski definition) is 1. The molecule has 0 aliphatic carbocycles. The highest BCUT2D eigenvalue weighted by atomic mass is 32.2. The summed E-state index contributed by atoms with van der Waals surface area (Å²) in [6.07, 6.45) is 1.01. The first-order valence-corrected chi connectivity index (χ1v) is 14.4. The van der Waals surface area contributed by atoms with Gasteiger partial charge in [0.25, 0.3) is 0 Å². The van der Waals surface area contributed by atoms with Crippen molar-refractivity contribution < 1.29 is 27.1 Å². The lowest BCUT2D eigenvalue weighted by Crippen LogP contribution is -2.52. The monoisotopic (exact) mass is 555 g/mol. The van der Waals surface area contributed by atoms with Gasteiger partial charge in [0.15, 0.2) is 0 Å². The van der Waals surface area contributed by atoms with E-state index in [0.717, 1.165) is 16.1 Å². The molecule has 208 valence electrons. The molecule has 0 unspecified atom stereocenters. The molecule has 0 heterocycles. The highest BCUT2D eigenvalue weighted by Gasteiger charge is 2.30. The second-order valence-corrected chi connectivity index (χ2v) is 11.4. The minimum atomic E-state index is -3.86. The predicted octanol–water partition coefficient (Wildman–Crippen LogP) is 4.11. The topological polar surface area (TPSA) is 96.0 Å². The predicted molar refractivity (Wildman–Crippen MR) is 149 cm³/mol. The third-order valence-electron chi connectivity index (χ3n) is 5.92. The maximum Gasteiger partial charge on any atom is 0.244 e. The summed E-state index contributed by atoms with van der Waals surface area (Å²) in [5.41, 5.74) is 1.86. The molecule has 0 saturated carbocycles. The first kappa shape index (κ1) is 29.6. The number of sulfonamides is 1.